The first kappa shape index (κ1) is 22.3. The van der Waals surface area contributed by atoms with E-state index in [1.54, 1.807) is 12.1 Å². The van der Waals surface area contributed by atoms with Crippen molar-refractivity contribution >= 4 is 10.9 Å². The van der Waals surface area contributed by atoms with Crippen LogP contribution in [-0.2, 0) is 19.3 Å². The summed E-state index contributed by atoms with van der Waals surface area (Å²) in [5.74, 6) is 0.641. The van der Waals surface area contributed by atoms with Gasteiger partial charge in [-0.05, 0) is 73.1 Å². The van der Waals surface area contributed by atoms with Crippen LogP contribution in [0.15, 0.2) is 42.6 Å². The van der Waals surface area contributed by atoms with Crippen molar-refractivity contribution in [2.75, 3.05) is 0 Å². The lowest BCUT2D eigenvalue weighted by Gasteiger charge is -2.19. The molecule has 168 valence electrons. The number of unbranched alkanes of at least 4 members (excludes halogenated alkanes) is 1. The number of hydrogen-bond acceptors (Lipinski definition) is 2. The molecule has 0 amide bonds. The number of aryl methyl sites for hydroxylation is 2. The third kappa shape index (κ3) is 4.77. The molecule has 0 spiro atoms. The molecule has 1 fully saturated rings. The summed E-state index contributed by atoms with van der Waals surface area (Å²) in [4.78, 5) is 0. The molecule has 3 nitrogen and oxygen atoms in total. The molecule has 1 saturated carbocycles. The SMILES string of the molecule is Cc1cc(OCc2ccc(C3CCCC3)c(C(F)(F)F)c2)cc2ccn(CCCC#N)c12. The molecule has 1 aliphatic carbocycles. The molecule has 0 unspecified atom stereocenters. The minimum Gasteiger partial charge on any atom is -0.489 e. The van der Waals surface area contributed by atoms with Crippen LogP contribution < -0.4 is 4.74 Å². The summed E-state index contributed by atoms with van der Waals surface area (Å²) in [5, 5.41) is 9.76. The van der Waals surface area contributed by atoms with E-state index in [1.807, 2.05) is 31.3 Å². The van der Waals surface area contributed by atoms with E-state index >= 15 is 0 Å². The van der Waals surface area contributed by atoms with Crippen LogP contribution in [0.4, 0.5) is 13.2 Å². The number of hydrogen-bond donors (Lipinski definition) is 0. The predicted octanol–water partition coefficient (Wildman–Crippen LogP) is 7.51. The average Bonchev–Trinajstić information content (AvgIpc) is 3.42. The molecular formula is C26H27F3N2O. The molecule has 0 aliphatic heterocycles. The Labute approximate surface area is 186 Å². The van der Waals surface area contributed by atoms with Crippen molar-refractivity contribution in [2.45, 2.75) is 70.7 Å². The van der Waals surface area contributed by atoms with E-state index in [0.29, 0.717) is 23.3 Å². The summed E-state index contributed by atoms with van der Waals surface area (Å²) >= 11 is 0. The van der Waals surface area contributed by atoms with Crippen LogP contribution in [0.25, 0.3) is 10.9 Å². The molecule has 0 atom stereocenters. The van der Waals surface area contributed by atoms with Crippen molar-refractivity contribution in [3.8, 4) is 11.8 Å². The Morgan fingerprint density at radius 2 is 1.91 bits per heavy atom. The highest BCUT2D eigenvalue weighted by atomic mass is 19.4. The van der Waals surface area contributed by atoms with Crippen LogP contribution in [0.5, 0.6) is 5.75 Å². The fraction of sp³-hybridized carbons (Fsp3) is 0.423. The minimum absolute atomic E-state index is 0.00356. The Hall–Kier alpha value is -2.94. The fourth-order valence-electron chi connectivity index (χ4n) is 4.83. The van der Waals surface area contributed by atoms with Gasteiger partial charge in [0.1, 0.15) is 12.4 Å². The van der Waals surface area contributed by atoms with Crippen molar-refractivity contribution in [3.63, 3.8) is 0 Å². The number of benzene rings is 2. The molecular weight excluding hydrogens is 413 g/mol. The smallest absolute Gasteiger partial charge is 0.416 e. The first-order chi connectivity index (χ1) is 15.4. The van der Waals surface area contributed by atoms with Gasteiger partial charge in [-0.25, -0.2) is 0 Å². The quantitative estimate of drug-likeness (QED) is 0.357. The molecule has 32 heavy (non-hydrogen) atoms. The summed E-state index contributed by atoms with van der Waals surface area (Å²) in [6.45, 7) is 2.85. The van der Waals surface area contributed by atoms with E-state index in [-0.39, 0.29) is 12.5 Å². The molecule has 1 heterocycles. The van der Waals surface area contributed by atoms with Crippen LogP contribution in [0.3, 0.4) is 0 Å². The number of halogens is 3. The molecule has 1 aromatic heterocycles. The van der Waals surface area contributed by atoms with Crippen LogP contribution >= 0.6 is 0 Å². The molecule has 3 aromatic rings. The van der Waals surface area contributed by atoms with E-state index in [9.17, 15) is 13.2 Å². The summed E-state index contributed by atoms with van der Waals surface area (Å²) < 4.78 is 49.2. The van der Waals surface area contributed by atoms with E-state index in [2.05, 4.69) is 10.6 Å². The average molecular weight is 441 g/mol. The Morgan fingerprint density at radius 3 is 2.62 bits per heavy atom. The number of aromatic nitrogens is 1. The van der Waals surface area contributed by atoms with Gasteiger partial charge in [-0.3, -0.25) is 0 Å². The van der Waals surface area contributed by atoms with Gasteiger partial charge in [0.15, 0.2) is 0 Å². The summed E-state index contributed by atoms with van der Waals surface area (Å²) in [7, 11) is 0. The van der Waals surface area contributed by atoms with Gasteiger partial charge < -0.3 is 9.30 Å². The van der Waals surface area contributed by atoms with Crippen molar-refractivity contribution in [2.24, 2.45) is 0 Å². The predicted molar refractivity (Wildman–Crippen MR) is 119 cm³/mol. The topological polar surface area (TPSA) is 38.0 Å². The van der Waals surface area contributed by atoms with Gasteiger partial charge in [-0.2, -0.15) is 18.4 Å². The lowest BCUT2D eigenvalue weighted by atomic mass is 9.91. The van der Waals surface area contributed by atoms with Gasteiger partial charge in [0, 0.05) is 24.5 Å². The molecule has 1 aliphatic rings. The van der Waals surface area contributed by atoms with Crippen molar-refractivity contribution in [1.29, 1.82) is 5.26 Å². The Balaban J connectivity index is 1.52. The lowest BCUT2D eigenvalue weighted by molar-refractivity contribution is -0.138. The van der Waals surface area contributed by atoms with Gasteiger partial charge in [0.05, 0.1) is 17.1 Å². The second-order valence-corrected chi connectivity index (χ2v) is 8.64. The first-order valence-corrected chi connectivity index (χ1v) is 11.2. The van der Waals surface area contributed by atoms with Gasteiger partial charge in [-0.1, -0.05) is 25.0 Å². The zero-order valence-corrected chi connectivity index (χ0v) is 18.2. The number of fused-ring (bicyclic) bond motifs is 1. The van der Waals surface area contributed by atoms with Crippen LogP contribution in [0, 0.1) is 18.3 Å². The highest BCUT2D eigenvalue weighted by molar-refractivity contribution is 5.84. The second-order valence-electron chi connectivity index (χ2n) is 8.64. The minimum atomic E-state index is -4.36. The van der Waals surface area contributed by atoms with Gasteiger partial charge in [0.25, 0.3) is 0 Å². The number of alkyl halides is 3. The zero-order valence-electron chi connectivity index (χ0n) is 18.2. The molecule has 6 heteroatoms. The van der Waals surface area contributed by atoms with Gasteiger partial charge >= 0.3 is 6.18 Å². The summed E-state index contributed by atoms with van der Waals surface area (Å²) in [5.41, 5.74) is 2.55. The highest BCUT2D eigenvalue weighted by Gasteiger charge is 2.36. The van der Waals surface area contributed by atoms with E-state index < -0.39 is 11.7 Å². The lowest BCUT2D eigenvalue weighted by Crippen LogP contribution is -2.12. The second kappa shape index (κ2) is 9.28. The Morgan fingerprint density at radius 1 is 1.12 bits per heavy atom. The highest BCUT2D eigenvalue weighted by Crippen LogP contribution is 2.42. The number of nitriles is 1. The van der Waals surface area contributed by atoms with E-state index in [4.69, 9.17) is 10.00 Å². The maximum absolute atomic E-state index is 13.7. The van der Waals surface area contributed by atoms with Gasteiger partial charge in [0.2, 0.25) is 0 Å². The summed E-state index contributed by atoms with van der Waals surface area (Å²) in [6, 6.07) is 12.7. The number of ether oxygens (including phenoxy) is 1. The molecule has 0 saturated heterocycles. The monoisotopic (exact) mass is 440 g/mol. The number of rotatable bonds is 7. The molecule has 0 N–H and O–H groups in total. The maximum atomic E-state index is 13.7. The third-order valence-corrected chi connectivity index (χ3v) is 6.34. The Kier molecular flexibility index (Phi) is 6.45. The molecule has 0 radical (unpaired) electrons. The first-order valence-electron chi connectivity index (χ1n) is 11.2. The Bertz CT molecular complexity index is 1130. The van der Waals surface area contributed by atoms with E-state index in [0.717, 1.165) is 55.1 Å². The normalized spacial score (nSPS) is 14.7. The number of nitrogens with zero attached hydrogens (tertiary/aromatic N) is 2. The van der Waals surface area contributed by atoms with Crippen molar-refractivity contribution < 1.29 is 17.9 Å². The maximum Gasteiger partial charge on any atom is 0.416 e. The van der Waals surface area contributed by atoms with Crippen LogP contribution in [0.1, 0.15) is 66.7 Å². The van der Waals surface area contributed by atoms with E-state index in [1.165, 1.54) is 6.07 Å². The molecule has 4 rings (SSSR count). The van der Waals surface area contributed by atoms with Crippen molar-refractivity contribution in [3.05, 3.63) is 64.8 Å². The molecule has 0 bridgehead atoms. The zero-order chi connectivity index (χ0) is 22.7. The standard InChI is InChI=1S/C26H27F3N2O/c1-18-14-22(16-21-10-13-31(25(18)21)12-5-4-11-30)32-17-19-8-9-23(20-6-2-3-7-20)24(15-19)26(27,28)29/h8-10,13-16,20H,2-7,12,17H2,1H3. The van der Waals surface area contributed by atoms with Gasteiger partial charge in [-0.15, -0.1) is 0 Å². The fourth-order valence-corrected chi connectivity index (χ4v) is 4.83. The van der Waals surface area contributed by atoms with Crippen LogP contribution in [0.2, 0.25) is 0 Å². The summed E-state index contributed by atoms with van der Waals surface area (Å²) in [6.07, 6.45) is 2.58. The van der Waals surface area contributed by atoms with Crippen LogP contribution in [-0.4, -0.2) is 4.57 Å². The molecule has 2 aromatic carbocycles. The third-order valence-electron chi connectivity index (χ3n) is 6.34. The largest absolute Gasteiger partial charge is 0.489 e. The van der Waals surface area contributed by atoms with Crippen molar-refractivity contribution in [1.82, 2.24) is 4.57 Å².